The van der Waals surface area contributed by atoms with Gasteiger partial charge in [0.05, 0.1) is 17.5 Å². The minimum atomic E-state index is -3.15. The zero-order valence-electron chi connectivity index (χ0n) is 15.8. The molecule has 0 unspecified atom stereocenters. The van der Waals surface area contributed by atoms with E-state index < -0.39 is 10.0 Å². The van der Waals surface area contributed by atoms with Gasteiger partial charge in [-0.3, -0.25) is 4.98 Å². The number of halogens is 1. The number of fused-ring (bicyclic) bond motifs is 1. The second-order valence-corrected chi connectivity index (χ2v) is 9.87. The molecule has 0 radical (unpaired) electrons. The fourth-order valence-corrected chi connectivity index (χ4v) is 5.56. The van der Waals surface area contributed by atoms with E-state index in [2.05, 4.69) is 40.7 Å². The first-order chi connectivity index (χ1) is 12.2. The number of hydrogen-bond acceptors (Lipinski definition) is 4. The van der Waals surface area contributed by atoms with Gasteiger partial charge in [-0.1, -0.05) is 22.9 Å². The predicted octanol–water partition coefficient (Wildman–Crippen LogP) is 3.86. The zero-order chi connectivity index (χ0) is 19.1. The summed E-state index contributed by atoms with van der Waals surface area (Å²) in [6, 6.07) is 6.29. The number of pyridine rings is 1. The van der Waals surface area contributed by atoms with Gasteiger partial charge in [0.15, 0.2) is 0 Å². The Morgan fingerprint density at radius 2 is 1.92 bits per heavy atom. The third kappa shape index (κ3) is 3.75. The first-order valence-electron chi connectivity index (χ1n) is 9.00. The van der Waals surface area contributed by atoms with Crippen LogP contribution >= 0.6 is 15.9 Å². The number of benzene rings is 1. The molecule has 0 aliphatic carbocycles. The molecule has 5 nitrogen and oxygen atoms in total. The molecule has 2 heterocycles. The lowest BCUT2D eigenvalue weighted by Crippen LogP contribution is -2.47. The van der Waals surface area contributed by atoms with Crippen LogP contribution in [0.3, 0.4) is 0 Å². The average Bonchev–Trinajstić information content (AvgIpc) is 2.57. The van der Waals surface area contributed by atoms with Crippen LogP contribution in [0.25, 0.3) is 10.9 Å². The second-order valence-electron chi connectivity index (χ2n) is 7.02. The van der Waals surface area contributed by atoms with Crippen molar-refractivity contribution in [2.45, 2.75) is 39.7 Å². The van der Waals surface area contributed by atoms with Crippen LogP contribution in [0.1, 0.15) is 31.0 Å². The largest absolute Gasteiger partial charge is 0.371 e. The van der Waals surface area contributed by atoms with Crippen LogP contribution in [-0.2, 0) is 10.0 Å². The Bertz CT molecular complexity index is 922. The van der Waals surface area contributed by atoms with Gasteiger partial charge in [-0.15, -0.1) is 0 Å². The van der Waals surface area contributed by atoms with E-state index in [9.17, 15) is 8.42 Å². The van der Waals surface area contributed by atoms with Gasteiger partial charge in [0.2, 0.25) is 10.0 Å². The molecular weight excluding hydrogens is 414 g/mol. The van der Waals surface area contributed by atoms with Gasteiger partial charge in [0, 0.05) is 41.2 Å². The molecular formula is C19H26BrN3O2S. The van der Waals surface area contributed by atoms with E-state index in [-0.39, 0.29) is 6.04 Å². The van der Waals surface area contributed by atoms with Gasteiger partial charge in [-0.25, -0.2) is 8.42 Å². The smallest absolute Gasteiger partial charge is 0.211 e. The summed E-state index contributed by atoms with van der Waals surface area (Å²) < 4.78 is 26.7. The van der Waals surface area contributed by atoms with Crippen LogP contribution in [0, 0.1) is 13.8 Å². The molecule has 1 aromatic carbocycles. The molecule has 3 rings (SSSR count). The lowest BCUT2D eigenvalue weighted by molar-refractivity contribution is 0.285. The first kappa shape index (κ1) is 19.6. The van der Waals surface area contributed by atoms with Crippen molar-refractivity contribution < 1.29 is 8.42 Å². The summed E-state index contributed by atoms with van der Waals surface area (Å²) in [5.41, 5.74) is 4.47. The van der Waals surface area contributed by atoms with Crippen molar-refractivity contribution in [2.24, 2.45) is 0 Å². The molecule has 1 aliphatic rings. The maximum absolute atomic E-state index is 12.0. The van der Waals surface area contributed by atoms with Crippen molar-refractivity contribution in [3.8, 4) is 0 Å². The maximum atomic E-state index is 12.0. The minimum Gasteiger partial charge on any atom is -0.371 e. The summed E-state index contributed by atoms with van der Waals surface area (Å²) in [5.74, 6) is 0. The van der Waals surface area contributed by atoms with Crippen LogP contribution in [0.15, 0.2) is 22.7 Å². The molecule has 1 saturated heterocycles. The van der Waals surface area contributed by atoms with E-state index in [0.29, 0.717) is 6.54 Å². The van der Waals surface area contributed by atoms with Crippen molar-refractivity contribution in [1.29, 1.82) is 0 Å². The van der Waals surface area contributed by atoms with Gasteiger partial charge in [-0.05, 0) is 50.5 Å². The highest BCUT2D eigenvalue weighted by Crippen LogP contribution is 2.35. The van der Waals surface area contributed by atoms with E-state index in [4.69, 9.17) is 4.98 Å². The summed E-state index contributed by atoms with van der Waals surface area (Å²) in [5, 5.41) is 1.15. The highest BCUT2D eigenvalue weighted by atomic mass is 79.9. The Hall–Kier alpha value is -1.18. The topological polar surface area (TPSA) is 53.5 Å². The van der Waals surface area contributed by atoms with Crippen LogP contribution in [-0.4, -0.2) is 49.6 Å². The molecule has 1 aromatic heterocycles. The Labute approximate surface area is 164 Å². The number of aryl methyl sites for hydroxylation is 1. The van der Waals surface area contributed by atoms with Gasteiger partial charge < -0.3 is 4.90 Å². The monoisotopic (exact) mass is 439 g/mol. The van der Waals surface area contributed by atoms with E-state index in [1.165, 1.54) is 17.5 Å². The Morgan fingerprint density at radius 1 is 1.27 bits per heavy atom. The predicted molar refractivity (Wildman–Crippen MR) is 111 cm³/mol. The maximum Gasteiger partial charge on any atom is 0.211 e. The van der Waals surface area contributed by atoms with Gasteiger partial charge >= 0.3 is 0 Å². The highest BCUT2D eigenvalue weighted by Gasteiger charge is 2.30. The highest BCUT2D eigenvalue weighted by molar-refractivity contribution is 9.10. The van der Waals surface area contributed by atoms with Gasteiger partial charge in [-0.2, -0.15) is 4.31 Å². The summed E-state index contributed by atoms with van der Waals surface area (Å²) in [7, 11) is -3.15. The Morgan fingerprint density at radius 3 is 2.50 bits per heavy atom. The Balaban J connectivity index is 1.93. The van der Waals surface area contributed by atoms with E-state index >= 15 is 0 Å². The molecule has 7 heteroatoms. The minimum absolute atomic E-state index is 0.0903. The number of hydrogen-bond donors (Lipinski definition) is 0. The summed E-state index contributed by atoms with van der Waals surface area (Å²) in [6.07, 6.45) is 3.00. The molecule has 0 atom stereocenters. The second kappa shape index (κ2) is 7.44. The standard InChI is InChI=1S/C19H26BrN3O2S/c1-5-23(26(4,24)25)16-8-10-22(11-9-16)19-13(2)14(3)21-18-7-6-15(20)12-17(18)19/h6-7,12,16H,5,8-11H2,1-4H3. The third-order valence-electron chi connectivity index (χ3n) is 5.33. The number of sulfonamides is 1. The van der Waals surface area contributed by atoms with Crippen molar-refractivity contribution in [3.05, 3.63) is 33.9 Å². The molecule has 0 amide bonds. The van der Waals surface area contributed by atoms with E-state index in [1.54, 1.807) is 4.31 Å². The number of aromatic nitrogens is 1. The number of rotatable bonds is 4. The molecule has 26 heavy (non-hydrogen) atoms. The summed E-state index contributed by atoms with van der Waals surface area (Å²) in [4.78, 5) is 7.12. The third-order valence-corrected chi connectivity index (χ3v) is 7.23. The normalized spacial score (nSPS) is 16.6. The fourth-order valence-electron chi connectivity index (χ4n) is 3.98. The van der Waals surface area contributed by atoms with E-state index in [0.717, 1.165) is 47.0 Å². The van der Waals surface area contributed by atoms with Crippen LogP contribution in [0.4, 0.5) is 5.69 Å². The number of nitrogens with zero attached hydrogens (tertiary/aromatic N) is 3. The molecule has 0 saturated carbocycles. The van der Waals surface area contributed by atoms with Crippen molar-refractivity contribution in [3.63, 3.8) is 0 Å². The molecule has 1 aliphatic heterocycles. The molecule has 0 bridgehead atoms. The molecule has 2 aromatic rings. The van der Waals surface area contributed by atoms with Crippen molar-refractivity contribution >= 4 is 42.5 Å². The quantitative estimate of drug-likeness (QED) is 0.725. The molecule has 1 fully saturated rings. The van der Waals surface area contributed by atoms with Crippen molar-refractivity contribution in [2.75, 3.05) is 30.8 Å². The summed E-state index contributed by atoms with van der Waals surface area (Å²) >= 11 is 3.57. The molecule has 0 spiro atoms. The number of piperidine rings is 1. The number of anilines is 1. The van der Waals surface area contributed by atoms with Crippen LogP contribution in [0.5, 0.6) is 0 Å². The fraction of sp³-hybridized carbons (Fsp3) is 0.526. The lowest BCUT2D eigenvalue weighted by Gasteiger charge is -2.39. The van der Waals surface area contributed by atoms with Crippen molar-refractivity contribution in [1.82, 2.24) is 9.29 Å². The average molecular weight is 440 g/mol. The lowest BCUT2D eigenvalue weighted by atomic mass is 10.0. The van der Waals surface area contributed by atoms with Gasteiger partial charge in [0.1, 0.15) is 0 Å². The first-order valence-corrected chi connectivity index (χ1v) is 11.6. The Kier molecular flexibility index (Phi) is 5.61. The SMILES string of the molecule is CCN(C1CCN(c2c(C)c(C)nc3ccc(Br)cc23)CC1)S(C)(=O)=O. The van der Waals surface area contributed by atoms with Gasteiger partial charge in [0.25, 0.3) is 0 Å². The summed E-state index contributed by atoms with van der Waals surface area (Å²) in [6.45, 7) is 8.32. The molecule has 142 valence electrons. The van der Waals surface area contributed by atoms with Crippen LogP contribution in [0.2, 0.25) is 0 Å². The van der Waals surface area contributed by atoms with Crippen LogP contribution < -0.4 is 4.90 Å². The molecule has 0 N–H and O–H groups in total. The zero-order valence-corrected chi connectivity index (χ0v) is 18.2. The van der Waals surface area contributed by atoms with E-state index in [1.807, 2.05) is 19.1 Å².